The van der Waals surface area contributed by atoms with Crippen LogP contribution < -0.4 is 46.8 Å². The number of azo groups is 3. The predicted molar refractivity (Wildman–Crippen MR) is 206 cm³/mol. The molecule has 56 heavy (non-hydrogen) atoms. The minimum Gasteiger partial charge on any atom is -0.505 e. The van der Waals surface area contributed by atoms with E-state index in [4.69, 9.17) is 17.2 Å². The second-order valence-corrected chi connectivity index (χ2v) is 14.3. The summed E-state index contributed by atoms with van der Waals surface area (Å²) in [6.45, 7) is 0. The first-order valence-corrected chi connectivity index (χ1v) is 18.5. The summed E-state index contributed by atoms with van der Waals surface area (Å²) in [4.78, 5) is 2.39. The molecule has 0 unspecified atom stereocenters. The standard InChI is InChI=1S/C35H28N10O8S2.Na/c36-21-8-15-27(26(37)18-21)43-40-25-13-11-22(12-14-25)39-35(47)19-6-9-24(10-7-19)42-44-32-28(54(48,49)50)16-20-17-29(55(51,52)53)33(34(46)30(20)31(32)38)45-41-23-4-2-1-3-5-23;/h1-18,46H,36-38H2,(H,39,47)(H,48,49,50)(H,51,52,53);/q;+1. The summed E-state index contributed by atoms with van der Waals surface area (Å²) in [7, 11) is -10.1. The Morgan fingerprint density at radius 2 is 1.07 bits per heavy atom. The van der Waals surface area contributed by atoms with Crippen LogP contribution in [0.25, 0.3) is 10.8 Å². The van der Waals surface area contributed by atoms with Gasteiger partial charge in [0.15, 0.2) is 5.75 Å². The Balaban J connectivity index is 0.00000600. The van der Waals surface area contributed by atoms with E-state index in [0.29, 0.717) is 28.4 Å². The van der Waals surface area contributed by atoms with Crippen molar-refractivity contribution in [2.24, 2.45) is 35.7 Å². The van der Waals surface area contributed by atoms with Crippen LogP contribution in [0.1, 0.15) is 5.56 Å². The molecule has 18 nitrogen and oxygen atoms in total. The summed E-state index contributed by atoms with van der Waals surface area (Å²) in [6.07, 6.45) is 0. The van der Waals surface area contributed by atoms with Crippen molar-refractivity contribution in [2.75, 3.05) is 17.2 Å². The average molecular weight is 804 g/mol. The first-order chi connectivity index (χ1) is 26.1. The molecule has 0 bridgehead atoms. The molecule has 6 rings (SSSR count). The zero-order chi connectivity index (χ0) is 39.5. The van der Waals surface area contributed by atoms with Crippen molar-refractivity contribution in [1.29, 1.82) is 0 Å². The summed E-state index contributed by atoms with van der Waals surface area (Å²) in [5, 5.41) is 45.1. The number of phenols is 1. The number of fused-ring (bicyclic) bond motifs is 1. The maximum absolute atomic E-state index is 12.4. The van der Waals surface area contributed by atoms with Gasteiger partial charge in [-0.2, -0.15) is 32.2 Å². The van der Waals surface area contributed by atoms with E-state index in [1.165, 1.54) is 36.4 Å². The quantitative estimate of drug-likeness (QED) is 0.0221. The number of rotatable bonds is 10. The zero-order valence-corrected chi connectivity index (χ0v) is 32.6. The van der Waals surface area contributed by atoms with Gasteiger partial charge in [0.05, 0.1) is 39.5 Å². The molecule has 0 spiro atoms. The average Bonchev–Trinajstić information content (AvgIpc) is 3.14. The number of nitrogen functional groups attached to an aromatic ring is 3. The van der Waals surface area contributed by atoms with Crippen molar-refractivity contribution in [3.05, 3.63) is 115 Å². The van der Waals surface area contributed by atoms with Crippen molar-refractivity contribution in [3.8, 4) is 5.75 Å². The molecular weight excluding hydrogens is 776 g/mol. The molecule has 0 atom stereocenters. The Labute approximate surface area is 340 Å². The first-order valence-electron chi connectivity index (χ1n) is 15.6. The molecule has 0 radical (unpaired) electrons. The number of nitrogens with zero attached hydrogens (tertiary/aromatic N) is 7. The van der Waals surface area contributed by atoms with Gasteiger partial charge in [-0.3, -0.25) is 9.11 Å². The predicted octanol–water partition coefficient (Wildman–Crippen LogP) is 5.67. The second-order valence-electron chi connectivity index (χ2n) is 11.5. The fourth-order valence-corrected chi connectivity index (χ4v) is 6.38. The molecule has 0 aliphatic rings. The van der Waals surface area contributed by atoms with Crippen LogP contribution in [-0.2, 0) is 20.2 Å². The molecule has 0 amide bonds. The van der Waals surface area contributed by atoms with Gasteiger partial charge in [0.1, 0.15) is 26.9 Å². The molecule has 0 saturated carbocycles. The van der Waals surface area contributed by atoms with Crippen LogP contribution in [0, 0.1) is 0 Å². The minimum atomic E-state index is -5.08. The van der Waals surface area contributed by atoms with Crippen LogP contribution in [0.2, 0.25) is 0 Å². The van der Waals surface area contributed by atoms with E-state index in [9.17, 15) is 36.2 Å². The topological polar surface area (TPSA) is 314 Å². The normalized spacial score (nSPS) is 12.5. The number of aliphatic hydroxyl groups is 1. The van der Waals surface area contributed by atoms with E-state index in [2.05, 4.69) is 35.7 Å². The van der Waals surface area contributed by atoms with Gasteiger partial charge in [-0.25, -0.2) is 4.99 Å². The van der Waals surface area contributed by atoms with Gasteiger partial charge < -0.3 is 27.4 Å². The van der Waals surface area contributed by atoms with Crippen molar-refractivity contribution in [2.45, 2.75) is 9.79 Å². The van der Waals surface area contributed by atoms with Crippen LogP contribution in [0.4, 0.5) is 56.9 Å². The molecule has 0 aliphatic heterocycles. The summed E-state index contributed by atoms with van der Waals surface area (Å²) in [5.74, 6) is -1.23. The molecule has 21 heteroatoms. The van der Waals surface area contributed by atoms with Crippen LogP contribution in [-0.4, -0.2) is 42.1 Å². The molecule has 6 aromatic carbocycles. The minimum absolute atomic E-state index is 0. The number of aromatic hydroxyl groups is 1. The zero-order valence-electron chi connectivity index (χ0n) is 29.0. The summed E-state index contributed by atoms with van der Waals surface area (Å²) < 4.78 is 69.4. The molecule has 278 valence electrons. The third-order valence-corrected chi connectivity index (χ3v) is 9.43. The van der Waals surface area contributed by atoms with Crippen molar-refractivity contribution >= 4 is 93.8 Å². The number of anilines is 3. The van der Waals surface area contributed by atoms with E-state index in [1.807, 2.05) is 0 Å². The number of aliphatic imine (C=N–C) groups is 1. The Bertz CT molecular complexity index is 2800. The largest absolute Gasteiger partial charge is 1.00 e. The number of hydrogen-bond acceptors (Lipinski definition) is 15. The van der Waals surface area contributed by atoms with E-state index in [0.717, 1.165) is 12.1 Å². The monoisotopic (exact) mass is 803 g/mol. The Hall–Kier alpha value is -6.13. The molecule has 0 saturated heterocycles. The number of nitrogens with two attached hydrogens (primary N) is 3. The van der Waals surface area contributed by atoms with Gasteiger partial charge in [-0.15, -0.1) is 15.3 Å². The molecule has 0 aromatic heterocycles. The van der Waals surface area contributed by atoms with Crippen molar-refractivity contribution < 1.29 is 65.7 Å². The number of aliphatic hydroxyl groups excluding tert-OH is 1. The first kappa shape index (κ1) is 41.0. The van der Waals surface area contributed by atoms with Gasteiger partial charge in [0.2, 0.25) is 5.90 Å². The Morgan fingerprint density at radius 3 is 1.64 bits per heavy atom. The number of benzene rings is 6. The number of phenolic OH excluding ortho intramolecular Hbond substituents is 1. The van der Waals surface area contributed by atoms with E-state index < -0.39 is 52.8 Å². The van der Waals surface area contributed by atoms with Gasteiger partial charge in [0, 0.05) is 11.3 Å². The van der Waals surface area contributed by atoms with Crippen LogP contribution in [0.5, 0.6) is 5.75 Å². The summed E-state index contributed by atoms with van der Waals surface area (Å²) >= 11 is 0. The fraction of sp³-hybridized carbons (Fsp3) is 0. The maximum Gasteiger partial charge on any atom is 1.00 e. The van der Waals surface area contributed by atoms with E-state index >= 15 is 0 Å². The van der Waals surface area contributed by atoms with E-state index in [-0.39, 0.29) is 63.2 Å². The molecule has 0 heterocycles. The summed E-state index contributed by atoms with van der Waals surface area (Å²) in [5.41, 5.74) is 18.9. The third-order valence-electron chi connectivity index (χ3n) is 7.69. The molecule has 6 aromatic rings. The van der Waals surface area contributed by atoms with Crippen LogP contribution >= 0.6 is 0 Å². The molecule has 0 fully saturated rings. The van der Waals surface area contributed by atoms with E-state index in [1.54, 1.807) is 60.7 Å². The Morgan fingerprint density at radius 1 is 0.571 bits per heavy atom. The Kier molecular flexibility index (Phi) is 12.2. The SMILES string of the molecule is Nc1ccc(N=Nc2ccc(N=C(O)c3ccc(N=Nc4c(S(=O)(=O)O)cc5cc(S(=O)(=O)O)c(N=Nc6ccccc6)c(O)c5c4N)cc3)cc2)c(N)c1.[Na+]. The van der Waals surface area contributed by atoms with Crippen LogP contribution in [0.3, 0.4) is 0 Å². The molecule has 10 N–H and O–H groups in total. The van der Waals surface area contributed by atoms with Gasteiger partial charge in [-0.1, -0.05) is 18.2 Å². The smallest absolute Gasteiger partial charge is 0.505 e. The van der Waals surface area contributed by atoms with Crippen molar-refractivity contribution in [1.82, 2.24) is 0 Å². The third kappa shape index (κ3) is 9.38. The fourth-order valence-electron chi connectivity index (χ4n) is 5.05. The van der Waals surface area contributed by atoms with Gasteiger partial charge in [-0.05, 0) is 96.4 Å². The summed E-state index contributed by atoms with van der Waals surface area (Å²) in [6, 6.07) is 26.7. The molecular formula is C35H28N10NaO8S2+. The molecule has 0 aliphatic carbocycles. The van der Waals surface area contributed by atoms with Gasteiger partial charge >= 0.3 is 29.6 Å². The second kappa shape index (κ2) is 16.7. The van der Waals surface area contributed by atoms with Crippen molar-refractivity contribution in [3.63, 3.8) is 0 Å². The van der Waals surface area contributed by atoms with Gasteiger partial charge in [0.25, 0.3) is 20.2 Å². The van der Waals surface area contributed by atoms with Crippen LogP contribution in [0.15, 0.2) is 155 Å². The maximum atomic E-state index is 12.4. The number of hydrogen-bond donors (Lipinski definition) is 7.